The van der Waals surface area contributed by atoms with Crippen molar-refractivity contribution in [2.75, 3.05) is 18.9 Å². The molecule has 34 heavy (non-hydrogen) atoms. The van der Waals surface area contributed by atoms with Crippen LogP contribution in [0.3, 0.4) is 0 Å². The molecule has 0 atom stereocenters. The maximum absolute atomic E-state index is 5.77. The first-order chi connectivity index (χ1) is 16.6. The second-order valence-corrected chi connectivity index (χ2v) is 9.73. The van der Waals surface area contributed by atoms with Crippen LogP contribution in [0.4, 0.5) is 5.13 Å². The number of hydrogen-bond donors (Lipinski definition) is 1. The predicted octanol–water partition coefficient (Wildman–Crippen LogP) is 7.47. The highest BCUT2D eigenvalue weighted by Crippen LogP contribution is 2.40. The zero-order valence-corrected chi connectivity index (χ0v) is 20.7. The van der Waals surface area contributed by atoms with Crippen molar-refractivity contribution in [2.45, 2.75) is 11.8 Å². The van der Waals surface area contributed by atoms with Crippen LogP contribution in [0.2, 0.25) is 0 Å². The van der Waals surface area contributed by atoms with Crippen LogP contribution in [0, 0.1) is 6.92 Å². The number of aromatic nitrogens is 2. The molecule has 0 spiro atoms. The van der Waals surface area contributed by atoms with E-state index in [-0.39, 0.29) is 0 Å². The number of benzene rings is 4. The molecule has 1 heterocycles. The van der Waals surface area contributed by atoms with Crippen molar-refractivity contribution in [3.63, 3.8) is 0 Å². The van der Waals surface area contributed by atoms with Gasteiger partial charge in [0.2, 0.25) is 5.13 Å². The molecule has 0 saturated carbocycles. The Morgan fingerprint density at radius 2 is 1.62 bits per heavy atom. The van der Waals surface area contributed by atoms with Gasteiger partial charge < -0.3 is 14.2 Å². The van der Waals surface area contributed by atoms with Crippen molar-refractivity contribution in [3.05, 3.63) is 83.9 Å². The fourth-order valence-electron chi connectivity index (χ4n) is 3.92. The average molecular weight is 486 g/mol. The van der Waals surface area contributed by atoms with Crippen LogP contribution < -0.4 is 14.2 Å². The monoisotopic (exact) mass is 485 g/mol. The number of aryl methyl sites for hydroxylation is 1. The lowest BCUT2D eigenvalue weighted by molar-refractivity contribution is 0.415. The normalized spacial score (nSPS) is 10.9. The quantitative estimate of drug-likeness (QED) is 0.241. The lowest BCUT2D eigenvalue weighted by atomic mass is 9.94. The summed E-state index contributed by atoms with van der Waals surface area (Å²) >= 11 is 3.06. The van der Waals surface area contributed by atoms with Crippen LogP contribution in [-0.4, -0.2) is 24.4 Å². The number of methoxy groups -OCH3 is 2. The predicted molar refractivity (Wildman–Crippen MR) is 142 cm³/mol. The Hall–Kier alpha value is -3.55. The molecule has 0 radical (unpaired) electrons. The van der Waals surface area contributed by atoms with Gasteiger partial charge in [0.05, 0.1) is 14.2 Å². The summed E-state index contributed by atoms with van der Waals surface area (Å²) in [6, 6.07) is 27.2. The molecule has 4 aromatic carbocycles. The van der Waals surface area contributed by atoms with Crippen LogP contribution in [-0.2, 0) is 0 Å². The second kappa shape index (κ2) is 9.75. The topological polar surface area (TPSA) is 56.3 Å². The first kappa shape index (κ1) is 22.3. The summed E-state index contributed by atoms with van der Waals surface area (Å²) in [6.45, 7) is 1.95. The molecule has 0 saturated heterocycles. The smallest absolute Gasteiger partial charge is 0.215 e. The van der Waals surface area contributed by atoms with Gasteiger partial charge in [-0.25, -0.2) is 0 Å². The van der Waals surface area contributed by atoms with E-state index >= 15 is 0 Å². The second-order valence-electron chi connectivity index (χ2n) is 7.67. The van der Waals surface area contributed by atoms with Crippen molar-refractivity contribution in [3.8, 4) is 33.8 Å². The summed E-state index contributed by atoms with van der Waals surface area (Å²) in [5, 5.41) is 12.2. The third-order valence-electron chi connectivity index (χ3n) is 5.51. The lowest BCUT2D eigenvalue weighted by Gasteiger charge is -2.15. The highest BCUT2D eigenvalue weighted by molar-refractivity contribution is 8.00. The molecule has 7 heteroatoms. The summed E-state index contributed by atoms with van der Waals surface area (Å²) in [7, 11) is 3.40. The van der Waals surface area contributed by atoms with Gasteiger partial charge in [-0.05, 0) is 82.7 Å². The number of fused-ring (bicyclic) bond motifs is 1. The van der Waals surface area contributed by atoms with Crippen molar-refractivity contribution in [1.82, 2.24) is 10.2 Å². The first-order valence-electron chi connectivity index (χ1n) is 10.7. The van der Waals surface area contributed by atoms with E-state index < -0.39 is 0 Å². The largest absolute Gasteiger partial charge is 0.497 e. The Balaban J connectivity index is 1.53. The number of nitrogens with one attached hydrogen (secondary N) is 1. The Morgan fingerprint density at radius 3 is 2.41 bits per heavy atom. The van der Waals surface area contributed by atoms with Crippen LogP contribution in [0.1, 0.15) is 5.01 Å². The van der Waals surface area contributed by atoms with E-state index in [1.165, 1.54) is 23.3 Å². The number of ether oxygens (including phenoxy) is 2. The molecular formula is C27H23N3O2S2. The minimum Gasteiger partial charge on any atom is -0.497 e. The SMILES string of the molecule is COc1cccc(-c2ccc3c(-c4cccc(SNc5nnc(C)s5)c4)c(OC)ccc3c2)c1. The molecule has 0 bridgehead atoms. The Bertz CT molecular complexity index is 1470. The molecular weight excluding hydrogens is 462 g/mol. The molecule has 0 amide bonds. The minimum atomic E-state index is 0.792. The van der Waals surface area contributed by atoms with Crippen LogP contribution in [0.15, 0.2) is 83.8 Å². The highest BCUT2D eigenvalue weighted by atomic mass is 32.2. The summed E-state index contributed by atoms with van der Waals surface area (Å²) < 4.78 is 14.5. The van der Waals surface area contributed by atoms with Gasteiger partial charge >= 0.3 is 0 Å². The molecule has 0 aliphatic heterocycles. The van der Waals surface area contributed by atoms with Gasteiger partial charge in [0, 0.05) is 10.5 Å². The molecule has 5 rings (SSSR count). The maximum Gasteiger partial charge on any atom is 0.215 e. The van der Waals surface area contributed by atoms with Crippen molar-refractivity contribution < 1.29 is 9.47 Å². The molecule has 1 N–H and O–H groups in total. The summed E-state index contributed by atoms with van der Waals surface area (Å²) in [6.07, 6.45) is 0. The fraction of sp³-hybridized carbons (Fsp3) is 0.111. The van der Waals surface area contributed by atoms with E-state index in [0.29, 0.717) is 0 Å². The van der Waals surface area contributed by atoms with Crippen molar-refractivity contribution in [1.29, 1.82) is 0 Å². The van der Waals surface area contributed by atoms with Gasteiger partial charge in [-0.3, -0.25) is 0 Å². The fourth-order valence-corrected chi connectivity index (χ4v) is 5.23. The zero-order valence-electron chi connectivity index (χ0n) is 19.0. The molecule has 0 aliphatic rings. The Labute approximate surface area is 206 Å². The van der Waals surface area contributed by atoms with Crippen LogP contribution in [0.5, 0.6) is 11.5 Å². The third kappa shape index (κ3) is 4.58. The van der Waals surface area contributed by atoms with Gasteiger partial charge in [-0.15, -0.1) is 10.2 Å². The van der Waals surface area contributed by atoms with E-state index in [4.69, 9.17) is 9.47 Å². The van der Waals surface area contributed by atoms with Crippen molar-refractivity contribution in [2.24, 2.45) is 0 Å². The summed E-state index contributed by atoms with van der Waals surface area (Å²) in [4.78, 5) is 1.08. The molecule has 0 fully saturated rings. The number of nitrogens with zero attached hydrogens (tertiary/aromatic N) is 2. The first-order valence-corrected chi connectivity index (χ1v) is 12.4. The van der Waals surface area contributed by atoms with E-state index in [1.54, 1.807) is 14.2 Å². The Kier molecular flexibility index (Phi) is 6.38. The highest BCUT2D eigenvalue weighted by Gasteiger charge is 2.13. The number of rotatable bonds is 7. The zero-order chi connectivity index (χ0) is 23.5. The van der Waals surface area contributed by atoms with Gasteiger partial charge in [0.25, 0.3) is 0 Å². The van der Waals surface area contributed by atoms with Gasteiger partial charge in [-0.1, -0.05) is 53.8 Å². The van der Waals surface area contributed by atoms with E-state index in [9.17, 15) is 0 Å². The van der Waals surface area contributed by atoms with E-state index in [0.717, 1.165) is 59.6 Å². The third-order valence-corrected chi connectivity index (χ3v) is 7.18. The maximum atomic E-state index is 5.77. The Morgan fingerprint density at radius 1 is 0.794 bits per heavy atom. The minimum absolute atomic E-state index is 0.792. The van der Waals surface area contributed by atoms with Crippen molar-refractivity contribution >= 4 is 39.2 Å². The lowest BCUT2D eigenvalue weighted by Crippen LogP contribution is -1.91. The molecule has 170 valence electrons. The van der Waals surface area contributed by atoms with Crippen LogP contribution >= 0.6 is 23.3 Å². The standard InChI is InChI=1S/C27H23N3O2S2/c1-17-28-29-27(33-17)30-34-23-9-5-7-21(16-23)26-24-12-10-19(14-20(24)11-13-25(26)32-3)18-6-4-8-22(15-18)31-2/h4-16H,1-3H3,(H,29,30). The summed E-state index contributed by atoms with van der Waals surface area (Å²) in [5.41, 5.74) is 4.43. The molecule has 0 unspecified atom stereocenters. The van der Waals surface area contributed by atoms with Gasteiger partial charge in [-0.2, -0.15) is 0 Å². The van der Waals surface area contributed by atoms with E-state index in [1.807, 2.05) is 25.1 Å². The molecule has 0 aliphatic carbocycles. The summed E-state index contributed by atoms with van der Waals surface area (Å²) in [5.74, 6) is 1.69. The number of anilines is 1. The molecule has 5 aromatic rings. The van der Waals surface area contributed by atoms with Gasteiger partial charge in [0.1, 0.15) is 16.5 Å². The van der Waals surface area contributed by atoms with E-state index in [2.05, 4.69) is 75.6 Å². The molecule has 1 aromatic heterocycles. The molecule has 5 nitrogen and oxygen atoms in total. The number of hydrogen-bond acceptors (Lipinski definition) is 7. The van der Waals surface area contributed by atoms with Gasteiger partial charge in [0.15, 0.2) is 0 Å². The van der Waals surface area contributed by atoms with Crippen LogP contribution in [0.25, 0.3) is 33.0 Å². The average Bonchev–Trinajstić information content (AvgIpc) is 3.31.